The van der Waals surface area contributed by atoms with Crippen LogP contribution in [0.4, 0.5) is 0 Å². The third kappa shape index (κ3) is 2.59. The second-order valence-corrected chi connectivity index (χ2v) is 6.11. The maximum atomic E-state index is 4.33. The van der Waals surface area contributed by atoms with Crippen molar-refractivity contribution in [2.24, 2.45) is 5.92 Å². The van der Waals surface area contributed by atoms with Crippen LogP contribution in [0, 0.1) is 5.92 Å². The number of benzene rings is 1. The molecule has 0 amide bonds. The van der Waals surface area contributed by atoms with Crippen molar-refractivity contribution in [3.8, 4) is 11.3 Å². The topological polar surface area (TPSA) is 56.8 Å². The highest BCUT2D eigenvalue weighted by Gasteiger charge is 2.33. The Labute approximate surface area is 124 Å². The van der Waals surface area contributed by atoms with E-state index < -0.39 is 0 Å². The highest BCUT2D eigenvalue weighted by Crippen LogP contribution is 2.28. The molecule has 0 spiro atoms. The van der Waals surface area contributed by atoms with Crippen LogP contribution in [0.1, 0.15) is 18.5 Å². The zero-order valence-electron chi connectivity index (χ0n) is 12.1. The zero-order valence-corrected chi connectivity index (χ0v) is 12.1. The molecule has 5 nitrogen and oxygen atoms in total. The Bertz CT molecular complexity index is 586. The lowest BCUT2D eigenvalue weighted by molar-refractivity contribution is 0.0718. The van der Waals surface area contributed by atoms with Gasteiger partial charge in [0, 0.05) is 24.7 Å². The Morgan fingerprint density at radius 2 is 1.95 bits per heavy atom. The van der Waals surface area contributed by atoms with Crippen molar-refractivity contribution in [1.29, 1.82) is 0 Å². The minimum absolute atomic E-state index is 0.604. The van der Waals surface area contributed by atoms with Gasteiger partial charge in [-0.1, -0.05) is 30.3 Å². The third-order valence-corrected chi connectivity index (χ3v) is 4.86. The fraction of sp³-hybridized carbons (Fsp3) is 0.500. The highest BCUT2D eigenvalue weighted by atomic mass is 15.3. The number of rotatable bonds is 4. The first kappa shape index (κ1) is 13.0. The monoisotopic (exact) mass is 283 g/mol. The van der Waals surface area contributed by atoms with Crippen LogP contribution in [-0.4, -0.2) is 46.0 Å². The lowest BCUT2D eigenvalue weighted by Gasteiger charge is -2.45. The normalized spacial score (nSPS) is 27.9. The van der Waals surface area contributed by atoms with Gasteiger partial charge in [-0.05, 0) is 31.8 Å². The number of piperidine rings is 3. The van der Waals surface area contributed by atoms with Gasteiger partial charge in [0.1, 0.15) is 11.4 Å². The average Bonchev–Trinajstić information content (AvgIpc) is 3.03. The van der Waals surface area contributed by atoms with Crippen molar-refractivity contribution in [2.45, 2.75) is 25.4 Å². The minimum atomic E-state index is 0.604. The van der Waals surface area contributed by atoms with Crippen molar-refractivity contribution in [3.63, 3.8) is 0 Å². The number of nitrogens with one attached hydrogen (secondary N) is 2. The molecule has 21 heavy (non-hydrogen) atoms. The summed E-state index contributed by atoms with van der Waals surface area (Å²) in [7, 11) is 0. The van der Waals surface area contributed by atoms with Crippen molar-refractivity contribution >= 4 is 0 Å². The molecule has 3 saturated heterocycles. The highest BCUT2D eigenvalue weighted by molar-refractivity contribution is 5.60. The van der Waals surface area contributed by atoms with Gasteiger partial charge >= 0.3 is 0 Å². The number of aromatic amines is 1. The molecule has 2 aromatic rings. The molecule has 3 fully saturated rings. The molecular weight excluding hydrogens is 262 g/mol. The minimum Gasteiger partial charge on any atom is -0.307 e. The molecule has 3 aliphatic heterocycles. The van der Waals surface area contributed by atoms with E-state index in [0.29, 0.717) is 6.04 Å². The van der Waals surface area contributed by atoms with Crippen molar-refractivity contribution in [1.82, 2.24) is 25.6 Å². The van der Waals surface area contributed by atoms with Gasteiger partial charge in [0.25, 0.3) is 0 Å². The van der Waals surface area contributed by atoms with E-state index in [2.05, 4.69) is 37.8 Å². The summed E-state index contributed by atoms with van der Waals surface area (Å²) in [6, 6.07) is 10.9. The Hall–Kier alpha value is -1.72. The first-order chi connectivity index (χ1) is 10.4. The summed E-state index contributed by atoms with van der Waals surface area (Å²) in [5, 5.41) is 15.1. The number of aromatic nitrogens is 3. The number of nitrogens with zero attached hydrogens (tertiary/aromatic N) is 3. The van der Waals surface area contributed by atoms with E-state index in [1.54, 1.807) is 0 Å². The quantitative estimate of drug-likeness (QED) is 0.896. The van der Waals surface area contributed by atoms with Gasteiger partial charge in [-0.15, -0.1) is 0 Å². The lowest BCUT2D eigenvalue weighted by atomic mass is 9.84. The number of fused-ring (bicyclic) bond motifs is 3. The summed E-state index contributed by atoms with van der Waals surface area (Å²) in [5.74, 6) is 0.835. The summed E-state index contributed by atoms with van der Waals surface area (Å²) in [4.78, 5) is 2.57. The summed E-state index contributed by atoms with van der Waals surface area (Å²) in [6.07, 6.45) is 2.67. The van der Waals surface area contributed by atoms with Crippen LogP contribution in [0.5, 0.6) is 0 Å². The fourth-order valence-corrected chi connectivity index (χ4v) is 3.63. The van der Waals surface area contributed by atoms with E-state index in [1.165, 1.54) is 32.5 Å². The molecule has 0 radical (unpaired) electrons. The van der Waals surface area contributed by atoms with Crippen LogP contribution in [-0.2, 0) is 6.54 Å². The third-order valence-electron chi connectivity index (χ3n) is 4.86. The summed E-state index contributed by atoms with van der Waals surface area (Å²) in [6.45, 7) is 4.53. The average molecular weight is 283 g/mol. The van der Waals surface area contributed by atoms with Crippen LogP contribution >= 0.6 is 0 Å². The van der Waals surface area contributed by atoms with E-state index in [-0.39, 0.29) is 0 Å². The van der Waals surface area contributed by atoms with Gasteiger partial charge in [0.2, 0.25) is 0 Å². The predicted octanol–water partition coefficient (Wildman–Crippen LogP) is 1.66. The van der Waals surface area contributed by atoms with Gasteiger partial charge < -0.3 is 10.2 Å². The van der Waals surface area contributed by atoms with Crippen molar-refractivity contribution in [3.05, 3.63) is 36.0 Å². The lowest BCUT2D eigenvalue weighted by Crippen LogP contribution is -2.55. The molecule has 2 bridgehead atoms. The van der Waals surface area contributed by atoms with Crippen LogP contribution in [0.25, 0.3) is 11.3 Å². The predicted molar refractivity (Wildman–Crippen MR) is 81.6 cm³/mol. The fourth-order valence-electron chi connectivity index (χ4n) is 3.63. The molecule has 5 rings (SSSR count). The molecule has 0 saturated carbocycles. The van der Waals surface area contributed by atoms with Crippen LogP contribution in [0.3, 0.4) is 0 Å². The Kier molecular flexibility index (Phi) is 3.45. The van der Waals surface area contributed by atoms with Crippen LogP contribution < -0.4 is 5.32 Å². The Morgan fingerprint density at radius 3 is 2.67 bits per heavy atom. The van der Waals surface area contributed by atoms with Gasteiger partial charge in [-0.25, -0.2) is 0 Å². The van der Waals surface area contributed by atoms with Gasteiger partial charge in [0.15, 0.2) is 0 Å². The molecule has 110 valence electrons. The number of hydrogen-bond donors (Lipinski definition) is 2. The smallest absolute Gasteiger partial charge is 0.117 e. The Balaban J connectivity index is 1.45. The standard InChI is InChI=1S/C16H21N5/c1-2-4-13(5-3-1)16-14(18-20-19-16)10-17-15-11-21-8-6-12(15)7-9-21/h1-5,12,15,17H,6-11H2,(H,18,19,20). The Morgan fingerprint density at radius 1 is 1.14 bits per heavy atom. The number of H-pyrrole nitrogens is 1. The molecule has 3 aliphatic rings. The summed E-state index contributed by atoms with van der Waals surface area (Å²) in [5.41, 5.74) is 3.10. The van der Waals surface area contributed by atoms with Gasteiger partial charge in [-0.3, -0.25) is 0 Å². The largest absolute Gasteiger partial charge is 0.307 e. The van der Waals surface area contributed by atoms with E-state index >= 15 is 0 Å². The van der Waals surface area contributed by atoms with Crippen molar-refractivity contribution in [2.75, 3.05) is 19.6 Å². The molecule has 1 aromatic heterocycles. The molecule has 4 heterocycles. The SMILES string of the molecule is c1ccc(-c2n[nH]nc2CNC2CN3CCC2CC3)cc1. The van der Waals surface area contributed by atoms with Crippen LogP contribution in [0.15, 0.2) is 30.3 Å². The van der Waals surface area contributed by atoms with Gasteiger partial charge in [0.05, 0.1) is 0 Å². The molecule has 5 heteroatoms. The maximum Gasteiger partial charge on any atom is 0.117 e. The van der Waals surface area contributed by atoms with Crippen molar-refractivity contribution < 1.29 is 0 Å². The summed E-state index contributed by atoms with van der Waals surface area (Å²) >= 11 is 0. The second kappa shape index (κ2) is 5.58. The first-order valence-corrected chi connectivity index (χ1v) is 7.81. The van der Waals surface area contributed by atoms with E-state index in [1.807, 2.05) is 18.2 Å². The second-order valence-electron chi connectivity index (χ2n) is 6.11. The maximum absolute atomic E-state index is 4.33. The van der Waals surface area contributed by atoms with E-state index in [9.17, 15) is 0 Å². The van der Waals surface area contributed by atoms with E-state index in [0.717, 1.165) is 29.4 Å². The molecule has 2 N–H and O–H groups in total. The first-order valence-electron chi connectivity index (χ1n) is 7.81. The molecule has 1 atom stereocenters. The van der Waals surface area contributed by atoms with Gasteiger partial charge in [-0.2, -0.15) is 15.4 Å². The number of hydrogen-bond acceptors (Lipinski definition) is 4. The molecule has 0 aliphatic carbocycles. The molecule has 1 unspecified atom stereocenters. The molecular formula is C16H21N5. The van der Waals surface area contributed by atoms with E-state index in [4.69, 9.17) is 0 Å². The summed E-state index contributed by atoms with van der Waals surface area (Å²) < 4.78 is 0. The zero-order chi connectivity index (χ0) is 14.1. The molecule has 1 aromatic carbocycles. The van der Waals surface area contributed by atoms with Crippen LogP contribution in [0.2, 0.25) is 0 Å².